The van der Waals surface area contributed by atoms with Crippen LogP contribution in [0.25, 0.3) is 11.3 Å². The Morgan fingerprint density at radius 3 is 2.42 bits per heavy atom. The summed E-state index contributed by atoms with van der Waals surface area (Å²) in [5.74, 6) is 0.582. The third-order valence-electron chi connectivity index (χ3n) is 3.34. The first-order valence-electron chi connectivity index (χ1n) is 6.39. The maximum Gasteiger partial charge on any atom is 0.289 e. The Morgan fingerprint density at radius 2 is 1.74 bits per heavy atom. The second-order valence-electron chi connectivity index (χ2n) is 4.67. The summed E-state index contributed by atoms with van der Waals surface area (Å²) in [6.07, 6.45) is 2.11. The average molecular weight is 259 g/mol. The molecule has 0 N–H and O–H groups in total. The molecule has 1 aliphatic rings. The Balaban J connectivity index is 1.82. The minimum atomic E-state index is -0.288. The molecule has 1 aliphatic heterocycles. The number of rotatable bonds is 2. The quantitative estimate of drug-likeness (QED) is 0.829. The molecule has 0 aliphatic carbocycles. The lowest BCUT2D eigenvalue weighted by molar-refractivity contribution is 0.0762. The Morgan fingerprint density at radius 1 is 1.05 bits per heavy atom. The molecular weight excluding hydrogens is 245 g/mol. The van der Waals surface area contributed by atoms with E-state index in [0.29, 0.717) is 11.5 Å². The highest BCUT2D eigenvalue weighted by molar-refractivity contribution is 5.92. The molecule has 0 atom stereocenters. The van der Waals surface area contributed by atoms with E-state index in [1.807, 2.05) is 0 Å². The summed E-state index contributed by atoms with van der Waals surface area (Å²) in [6, 6.07) is 9.45. The summed E-state index contributed by atoms with van der Waals surface area (Å²) in [5.41, 5.74) is 0.766. The van der Waals surface area contributed by atoms with Crippen LogP contribution in [0.5, 0.6) is 0 Å². The number of nitrogens with zero attached hydrogens (tertiary/aromatic N) is 1. The van der Waals surface area contributed by atoms with Crippen LogP contribution in [0, 0.1) is 5.82 Å². The highest BCUT2D eigenvalue weighted by Crippen LogP contribution is 2.24. The zero-order chi connectivity index (χ0) is 13.2. The fraction of sp³-hybridized carbons (Fsp3) is 0.267. The summed E-state index contributed by atoms with van der Waals surface area (Å²) in [7, 11) is 0. The van der Waals surface area contributed by atoms with Gasteiger partial charge in [0.1, 0.15) is 11.6 Å². The number of carbonyl (C=O) groups is 1. The van der Waals surface area contributed by atoms with Crippen LogP contribution in [-0.4, -0.2) is 23.9 Å². The molecule has 98 valence electrons. The van der Waals surface area contributed by atoms with Crippen molar-refractivity contribution < 1.29 is 13.6 Å². The largest absolute Gasteiger partial charge is 0.451 e. The van der Waals surface area contributed by atoms with E-state index in [4.69, 9.17) is 4.42 Å². The predicted molar refractivity (Wildman–Crippen MR) is 69.2 cm³/mol. The number of benzene rings is 1. The van der Waals surface area contributed by atoms with E-state index < -0.39 is 0 Å². The Bertz CT molecular complexity index is 582. The molecule has 3 rings (SSSR count). The van der Waals surface area contributed by atoms with Crippen LogP contribution in [0.15, 0.2) is 40.8 Å². The highest BCUT2D eigenvalue weighted by atomic mass is 19.1. The summed E-state index contributed by atoms with van der Waals surface area (Å²) in [5, 5.41) is 0. The lowest BCUT2D eigenvalue weighted by atomic mass is 10.2. The minimum Gasteiger partial charge on any atom is -0.451 e. The van der Waals surface area contributed by atoms with Gasteiger partial charge in [0.25, 0.3) is 5.91 Å². The molecule has 4 heteroatoms. The topological polar surface area (TPSA) is 33.5 Å². The van der Waals surface area contributed by atoms with E-state index in [2.05, 4.69) is 0 Å². The zero-order valence-electron chi connectivity index (χ0n) is 10.4. The summed E-state index contributed by atoms with van der Waals surface area (Å²) < 4.78 is 18.4. The lowest BCUT2D eigenvalue weighted by Gasteiger charge is -2.12. The molecular formula is C15H14FNO2. The van der Waals surface area contributed by atoms with Crippen LogP contribution in [0.2, 0.25) is 0 Å². The van der Waals surface area contributed by atoms with Crippen molar-refractivity contribution in [1.29, 1.82) is 0 Å². The summed E-state index contributed by atoms with van der Waals surface area (Å²) in [4.78, 5) is 13.9. The van der Waals surface area contributed by atoms with Crippen LogP contribution in [0.1, 0.15) is 23.4 Å². The number of hydrogen-bond acceptors (Lipinski definition) is 2. The number of carbonyl (C=O) groups excluding carboxylic acids is 1. The van der Waals surface area contributed by atoms with Crippen molar-refractivity contribution in [1.82, 2.24) is 4.90 Å². The first-order chi connectivity index (χ1) is 9.24. The molecule has 0 saturated carbocycles. The maximum atomic E-state index is 12.8. The number of halogens is 1. The van der Waals surface area contributed by atoms with Crippen LogP contribution in [-0.2, 0) is 0 Å². The van der Waals surface area contributed by atoms with Gasteiger partial charge < -0.3 is 9.32 Å². The molecule has 1 saturated heterocycles. The van der Waals surface area contributed by atoms with Crippen molar-refractivity contribution in [3.63, 3.8) is 0 Å². The van der Waals surface area contributed by atoms with Gasteiger partial charge in [0.15, 0.2) is 5.76 Å². The SMILES string of the molecule is O=C(c1ccc(-c2ccc(F)cc2)o1)N1CCCC1. The number of hydrogen-bond donors (Lipinski definition) is 0. The standard InChI is InChI=1S/C15H14FNO2/c16-12-5-3-11(4-6-12)13-7-8-14(19-13)15(18)17-9-1-2-10-17/h3-8H,1-2,9-10H2. The van der Waals surface area contributed by atoms with Gasteiger partial charge in [-0.1, -0.05) is 0 Å². The van der Waals surface area contributed by atoms with Crippen LogP contribution >= 0.6 is 0 Å². The fourth-order valence-electron chi connectivity index (χ4n) is 2.30. The Kier molecular flexibility index (Phi) is 3.07. The van der Waals surface area contributed by atoms with E-state index in [-0.39, 0.29) is 11.7 Å². The molecule has 3 nitrogen and oxygen atoms in total. The van der Waals surface area contributed by atoms with E-state index in [1.54, 1.807) is 29.2 Å². The van der Waals surface area contributed by atoms with E-state index in [1.165, 1.54) is 12.1 Å². The molecule has 19 heavy (non-hydrogen) atoms. The van der Waals surface area contributed by atoms with Crippen LogP contribution in [0.4, 0.5) is 4.39 Å². The van der Waals surface area contributed by atoms with Crippen molar-refractivity contribution >= 4 is 5.91 Å². The number of amides is 1. The zero-order valence-corrected chi connectivity index (χ0v) is 10.4. The number of likely N-dealkylation sites (tertiary alicyclic amines) is 1. The van der Waals surface area contributed by atoms with Gasteiger partial charge in [0.2, 0.25) is 0 Å². The second kappa shape index (κ2) is 4.88. The van der Waals surface area contributed by atoms with Crippen molar-refractivity contribution in [2.45, 2.75) is 12.8 Å². The molecule has 1 amide bonds. The van der Waals surface area contributed by atoms with Gasteiger partial charge in [-0.25, -0.2) is 4.39 Å². The molecule has 2 aromatic rings. The molecule has 2 heterocycles. The molecule has 0 radical (unpaired) electrons. The van der Waals surface area contributed by atoms with Crippen molar-refractivity contribution in [2.75, 3.05) is 13.1 Å². The smallest absolute Gasteiger partial charge is 0.289 e. The third-order valence-corrected chi connectivity index (χ3v) is 3.34. The summed E-state index contributed by atoms with van der Waals surface area (Å²) >= 11 is 0. The van der Waals surface area contributed by atoms with Crippen molar-refractivity contribution in [3.05, 3.63) is 48.0 Å². The first kappa shape index (κ1) is 12.0. The Labute approximate surface area is 110 Å². The van der Waals surface area contributed by atoms with Crippen LogP contribution < -0.4 is 0 Å². The second-order valence-corrected chi connectivity index (χ2v) is 4.67. The first-order valence-corrected chi connectivity index (χ1v) is 6.39. The average Bonchev–Trinajstić information content (AvgIpc) is 3.10. The van der Waals surface area contributed by atoms with Gasteiger partial charge in [-0.05, 0) is 49.2 Å². The van der Waals surface area contributed by atoms with E-state index in [0.717, 1.165) is 31.5 Å². The molecule has 0 bridgehead atoms. The third kappa shape index (κ3) is 2.38. The van der Waals surface area contributed by atoms with E-state index >= 15 is 0 Å². The fourth-order valence-corrected chi connectivity index (χ4v) is 2.30. The molecule has 1 aromatic carbocycles. The lowest BCUT2D eigenvalue weighted by Crippen LogP contribution is -2.27. The maximum absolute atomic E-state index is 12.8. The van der Waals surface area contributed by atoms with Gasteiger partial charge in [0.05, 0.1) is 0 Å². The normalized spacial score (nSPS) is 14.9. The molecule has 1 aromatic heterocycles. The van der Waals surface area contributed by atoms with Crippen molar-refractivity contribution in [2.24, 2.45) is 0 Å². The highest BCUT2D eigenvalue weighted by Gasteiger charge is 2.22. The van der Waals surface area contributed by atoms with E-state index in [9.17, 15) is 9.18 Å². The summed E-state index contributed by atoms with van der Waals surface area (Å²) in [6.45, 7) is 1.59. The predicted octanol–water partition coefficient (Wildman–Crippen LogP) is 3.32. The molecule has 1 fully saturated rings. The molecule has 0 spiro atoms. The Hall–Kier alpha value is -2.10. The number of furan rings is 1. The monoisotopic (exact) mass is 259 g/mol. The van der Waals surface area contributed by atoms with Crippen LogP contribution in [0.3, 0.4) is 0 Å². The van der Waals surface area contributed by atoms with Gasteiger partial charge in [-0.2, -0.15) is 0 Å². The van der Waals surface area contributed by atoms with Crippen molar-refractivity contribution in [3.8, 4) is 11.3 Å². The van der Waals surface area contributed by atoms with Gasteiger partial charge >= 0.3 is 0 Å². The van der Waals surface area contributed by atoms with Gasteiger partial charge in [0, 0.05) is 18.7 Å². The van der Waals surface area contributed by atoms with Gasteiger partial charge in [-0.3, -0.25) is 4.79 Å². The minimum absolute atomic E-state index is 0.0640. The molecule has 0 unspecified atom stereocenters. The van der Waals surface area contributed by atoms with Gasteiger partial charge in [-0.15, -0.1) is 0 Å².